The summed E-state index contributed by atoms with van der Waals surface area (Å²) in [5.41, 5.74) is 5.04. The number of halogens is 3. The first kappa shape index (κ1) is 26.8. The third-order valence-electron chi connectivity index (χ3n) is 6.56. The first-order chi connectivity index (χ1) is 18.4. The van der Waals surface area contributed by atoms with Gasteiger partial charge in [0.25, 0.3) is 0 Å². The molecule has 3 heterocycles. The molecule has 9 heteroatoms. The minimum Gasteiger partial charge on any atom is -0.493 e. The zero-order valence-corrected chi connectivity index (χ0v) is 24.0. The molecule has 0 atom stereocenters. The molecule has 1 amide bonds. The highest BCUT2D eigenvalue weighted by Crippen LogP contribution is 2.37. The highest BCUT2D eigenvalue weighted by molar-refractivity contribution is 9.10. The Morgan fingerprint density at radius 3 is 2.76 bits per heavy atom. The van der Waals surface area contributed by atoms with Crippen LogP contribution in [-0.4, -0.2) is 40.2 Å². The maximum Gasteiger partial charge on any atom is 0.326 e. The summed E-state index contributed by atoms with van der Waals surface area (Å²) in [5.74, 6) is 0.715. The summed E-state index contributed by atoms with van der Waals surface area (Å²) in [6.45, 7) is 5.24. The largest absolute Gasteiger partial charge is 0.493 e. The molecule has 1 aliphatic heterocycles. The van der Waals surface area contributed by atoms with Crippen LogP contribution in [0.3, 0.4) is 0 Å². The summed E-state index contributed by atoms with van der Waals surface area (Å²) in [4.78, 5) is 20.0. The van der Waals surface area contributed by atoms with Gasteiger partial charge in [0, 0.05) is 61.0 Å². The van der Waals surface area contributed by atoms with Crippen molar-refractivity contribution in [3.8, 4) is 5.75 Å². The van der Waals surface area contributed by atoms with Gasteiger partial charge in [0.2, 0.25) is 0 Å². The summed E-state index contributed by atoms with van der Waals surface area (Å²) >= 11 is 15.7. The van der Waals surface area contributed by atoms with Crippen LogP contribution in [0.4, 0.5) is 4.79 Å². The molecular weight excluding hydrogens is 587 g/mol. The summed E-state index contributed by atoms with van der Waals surface area (Å²) in [7, 11) is 0. The van der Waals surface area contributed by atoms with Crippen LogP contribution in [0.25, 0.3) is 17.0 Å². The number of nitrogens with one attached hydrogen (secondary N) is 1. The Labute approximate surface area is 240 Å². The van der Waals surface area contributed by atoms with E-state index in [9.17, 15) is 4.79 Å². The molecule has 0 saturated carbocycles. The van der Waals surface area contributed by atoms with Gasteiger partial charge in [-0.25, -0.2) is 9.78 Å². The highest BCUT2D eigenvalue weighted by Gasteiger charge is 2.27. The molecule has 2 aromatic heterocycles. The number of amides is 1. The summed E-state index contributed by atoms with van der Waals surface area (Å²) in [6.07, 6.45) is 6.68. The number of fused-ring (bicyclic) bond motifs is 3. The lowest BCUT2D eigenvalue weighted by Crippen LogP contribution is -2.34. The molecule has 0 aliphatic carbocycles. The van der Waals surface area contributed by atoms with E-state index in [1.165, 1.54) is 0 Å². The maximum atomic E-state index is 13.6. The molecule has 196 valence electrons. The second kappa shape index (κ2) is 11.9. The van der Waals surface area contributed by atoms with Gasteiger partial charge in [-0.3, -0.25) is 9.47 Å². The van der Waals surface area contributed by atoms with E-state index in [0.29, 0.717) is 24.1 Å². The van der Waals surface area contributed by atoms with Crippen LogP contribution in [0.5, 0.6) is 5.75 Å². The molecule has 0 saturated heterocycles. The van der Waals surface area contributed by atoms with Crippen molar-refractivity contribution in [3.05, 3.63) is 97.8 Å². The lowest BCUT2D eigenvalue weighted by atomic mass is 10.0. The molecule has 1 N–H and O–H groups in total. The lowest BCUT2D eigenvalue weighted by Gasteiger charge is -2.27. The zero-order valence-electron chi connectivity index (χ0n) is 20.9. The molecule has 0 fully saturated rings. The Morgan fingerprint density at radius 1 is 1.18 bits per heavy atom. The van der Waals surface area contributed by atoms with Gasteiger partial charge in [-0.05, 0) is 69.9 Å². The van der Waals surface area contributed by atoms with Crippen LogP contribution in [0.15, 0.2) is 65.3 Å². The van der Waals surface area contributed by atoms with E-state index in [2.05, 4.69) is 49.3 Å². The highest BCUT2D eigenvalue weighted by atomic mass is 79.9. The Balaban J connectivity index is 1.43. The molecule has 0 spiro atoms. The van der Waals surface area contributed by atoms with Crippen molar-refractivity contribution in [1.82, 2.24) is 19.8 Å². The fourth-order valence-corrected chi connectivity index (χ4v) is 5.57. The summed E-state index contributed by atoms with van der Waals surface area (Å²) in [5, 5.41) is 5.23. The number of ether oxygens (including phenoxy) is 1. The molecule has 1 aliphatic rings. The molecule has 0 unspecified atom stereocenters. The van der Waals surface area contributed by atoms with Gasteiger partial charge in [-0.2, -0.15) is 0 Å². The summed E-state index contributed by atoms with van der Waals surface area (Å²) < 4.78 is 8.52. The minimum atomic E-state index is -0.176. The van der Waals surface area contributed by atoms with Crippen LogP contribution < -0.4 is 10.1 Å². The third kappa shape index (κ3) is 5.91. The van der Waals surface area contributed by atoms with E-state index in [1.807, 2.05) is 47.9 Å². The molecule has 2 aromatic carbocycles. The van der Waals surface area contributed by atoms with E-state index in [-0.39, 0.29) is 6.03 Å². The number of rotatable bonds is 7. The van der Waals surface area contributed by atoms with Crippen molar-refractivity contribution in [2.24, 2.45) is 0 Å². The van der Waals surface area contributed by atoms with Crippen molar-refractivity contribution in [1.29, 1.82) is 0 Å². The SMILES string of the molecule is CCOc1cc2c(cc1Br)c1c(n2C(=O)NCc2ccnc(Cl)c2)CCN(CC=Cc2ccc(Cl)cc2)C1. The van der Waals surface area contributed by atoms with Gasteiger partial charge < -0.3 is 10.1 Å². The molecule has 0 bridgehead atoms. The van der Waals surface area contributed by atoms with Gasteiger partial charge in [-0.15, -0.1) is 0 Å². The molecule has 0 radical (unpaired) electrons. The first-order valence-corrected chi connectivity index (χ1v) is 14.0. The Morgan fingerprint density at radius 2 is 2.00 bits per heavy atom. The van der Waals surface area contributed by atoms with Crippen LogP contribution >= 0.6 is 39.1 Å². The Bertz CT molecular complexity index is 1500. The van der Waals surface area contributed by atoms with Crippen molar-refractivity contribution < 1.29 is 9.53 Å². The molecular formula is C29H27BrCl2N4O2. The van der Waals surface area contributed by atoms with Gasteiger partial charge in [-0.1, -0.05) is 47.5 Å². The van der Waals surface area contributed by atoms with E-state index in [0.717, 1.165) is 68.8 Å². The van der Waals surface area contributed by atoms with E-state index >= 15 is 0 Å². The van der Waals surface area contributed by atoms with Crippen molar-refractivity contribution in [2.45, 2.75) is 26.4 Å². The predicted molar refractivity (Wildman–Crippen MR) is 157 cm³/mol. The molecule has 5 rings (SSSR count). The smallest absolute Gasteiger partial charge is 0.326 e. The fraction of sp³-hybridized carbons (Fsp3) is 0.241. The average Bonchev–Trinajstić information content (AvgIpc) is 3.21. The number of benzene rings is 2. The number of hydrogen-bond acceptors (Lipinski definition) is 4. The van der Waals surface area contributed by atoms with Crippen molar-refractivity contribution in [2.75, 3.05) is 19.7 Å². The lowest BCUT2D eigenvalue weighted by molar-refractivity contribution is 0.240. The molecule has 6 nitrogen and oxygen atoms in total. The molecule has 4 aromatic rings. The van der Waals surface area contributed by atoms with E-state index < -0.39 is 0 Å². The Kier molecular flexibility index (Phi) is 8.39. The topological polar surface area (TPSA) is 59.4 Å². The van der Waals surface area contributed by atoms with E-state index in [1.54, 1.807) is 12.3 Å². The summed E-state index contributed by atoms with van der Waals surface area (Å²) in [6, 6.07) is 15.2. The Hall–Kier alpha value is -2.84. The zero-order chi connectivity index (χ0) is 26.6. The monoisotopic (exact) mass is 612 g/mol. The number of carbonyl (C=O) groups is 1. The number of hydrogen-bond donors (Lipinski definition) is 1. The van der Waals surface area contributed by atoms with E-state index in [4.69, 9.17) is 27.9 Å². The van der Waals surface area contributed by atoms with Crippen LogP contribution in [0, 0.1) is 0 Å². The van der Waals surface area contributed by atoms with Crippen LogP contribution in [0.2, 0.25) is 10.2 Å². The van der Waals surface area contributed by atoms with Gasteiger partial charge in [0.1, 0.15) is 10.9 Å². The third-order valence-corrected chi connectivity index (χ3v) is 7.64. The van der Waals surface area contributed by atoms with Crippen LogP contribution in [0.1, 0.15) is 29.3 Å². The van der Waals surface area contributed by atoms with Gasteiger partial charge in [0.15, 0.2) is 0 Å². The number of pyridine rings is 1. The number of nitrogens with zero attached hydrogens (tertiary/aromatic N) is 3. The van der Waals surface area contributed by atoms with Gasteiger partial charge in [0.05, 0.1) is 16.6 Å². The quantitative estimate of drug-likeness (QED) is 0.222. The predicted octanol–water partition coefficient (Wildman–Crippen LogP) is 7.33. The maximum absolute atomic E-state index is 13.6. The van der Waals surface area contributed by atoms with Gasteiger partial charge >= 0.3 is 6.03 Å². The minimum absolute atomic E-state index is 0.176. The standard InChI is InChI=1S/C29H27BrCl2N4O2/c1-2-38-27-16-26-22(15-24(27)30)23-18-35(12-3-4-19-5-7-21(31)8-6-19)13-10-25(23)36(26)29(37)34-17-20-9-11-33-28(32)14-20/h3-9,11,14-16H,2,10,12-13,17-18H2,1H3,(H,34,37). The normalized spacial score (nSPS) is 13.7. The van der Waals surface area contributed by atoms with Crippen LogP contribution in [-0.2, 0) is 19.5 Å². The second-order valence-corrected chi connectivity index (χ2v) is 10.8. The first-order valence-electron chi connectivity index (χ1n) is 12.4. The van der Waals surface area contributed by atoms with Crippen molar-refractivity contribution in [3.63, 3.8) is 0 Å². The second-order valence-electron chi connectivity index (χ2n) is 9.08. The average molecular weight is 614 g/mol. The van der Waals surface area contributed by atoms with Crippen molar-refractivity contribution >= 4 is 62.1 Å². The number of aromatic nitrogens is 2. The molecule has 38 heavy (non-hydrogen) atoms. The number of carbonyl (C=O) groups excluding carboxylic acids is 1. The fourth-order valence-electron chi connectivity index (χ4n) is 4.79.